The summed E-state index contributed by atoms with van der Waals surface area (Å²) in [5.74, 6) is 0.888. The zero-order valence-electron chi connectivity index (χ0n) is 18.4. The maximum Gasteiger partial charge on any atom is 0.228 e. The van der Waals surface area contributed by atoms with Crippen molar-refractivity contribution in [2.45, 2.75) is 53.9 Å². The molecule has 0 unspecified atom stereocenters. The molecule has 2 aliphatic heterocycles. The number of rotatable bonds is 2. The predicted octanol–water partition coefficient (Wildman–Crippen LogP) is 3.76. The fraction of sp³-hybridized carbons (Fsp3) is 0.708. The van der Waals surface area contributed by atoms with Gasteiger partial charge < -0.3 is 9.80 Å². The summed E-state index contributed by atoms with van der Waals surface area (Å²) >= 11 is 0. The van der Waals surface area contributed by atoms with Gasteiger partial charge in [-0.25, -0.2) is 0 Å². The Hall–Kier alpha value is -2.09. The number of amides is 1. The van der Waals surface area contributed by atoms with Crippen molar-refractivity contribution in [3.8, 4) is 6.07 Å². The SMILES string of the molecule is Cc1cc(N2C[C@@H]3CN(C(=O)C45CC(C(C)(C)C)(C4)C5)C[C@]3(C)C2)c(C#N)cn1. The first kappa shape index (κ1) is 18.9. The second-order valence-corrected chi connectivity index (χ2v) is 11.7. The topological polar surface area (TPSA) is 60.2 Å². The molecule has 1 amide bonds. The fourth-order valence-corrected chi connectivity index (χ4v) is 6.72. The highest BCUT2D eigenvalue weighted by Gasteiger charge is 2.75. The van der Waals surface area contributed by atoms with Gasteiger partial charge in [0.25, 0.3) is 0 Å². The Morgan fingerprint density at radius 3 is 2.52 bits per heavy atom. The number of anilines is 1. The minimum absolute atomic E-state index is 0.0435. The van der Waals surface area contributed by atoms with Gasteiger partial charge in [0.05, 0.1) is 16.7 Å². The van der Waals surface area contributed by atoms with E-state index in [0.717, 1.165) is 56.8 Å². The van der Waals surface area contributed by atoms with Gasteiger partial charge in [0.15, 0.2) is 0 Å². The average molecular weight is 393 g/mol. The molecule has 6 rings (SSSR count). The van der Waals surface area contributed by atoms with Crippen molar-refractivity contribution in [1.82, 2.24) is 9.88 Å². The van der Waals surface area contributed by atoms with Crippen molar-refractivity contribution >= 4 is 11.6 Å². The van der Waals surface area contributed by atoms with Crippen LogP contribution in [0.5, 0.6) is 0 Å². The highest BCUT2D eigenvalue weighted by Crippen LogP contribution is 2.79. The molecule has 3 saturated carbocycles. The highest BCUT2D eigenvalue weighted by molar-refractivity contribution is 5.87. The van der Waals surface area contributed by atoms with Gasteiger partial charge in [0.2, 0.25) is 5.91 Å². The number of aryl methyl sites for hydroxylation is 1. The Bertz CT molecular complexity index is 919. The van der Waals surface area contributed by atoms with E-state index in [0.29, 0.717) is 28.2 Å². The number of nitriles is 1. The average Bonchev–Trinajstić information content (AvgIpc) is 3.02. The zero-order chi connectivity index (χ0) is 20.8. The van der Waals surface area contributed by atoms with E-state index in [2.05, 4.69) is 48.5 Å². The molecule has 5 fully saturated rings. The van der Waals surface area contributed by atoms with Gasteiger partial charge in [0.1, 0.15) is 6.07 Å². The maximum atomic E-state index is 13.4. The molecule has 5 nitrogen and oxygen atoms in total. The summed E-state index contributed by atoms with van der Waals surface area (Å²) in [7, 11) is 0. The fourth-order valence-electron chi connectivity index (χ4n) is 6.72. The molecule has 0 spiro atoms. The van der Waals surface area contributed by atoms with Crippen LogP contribution in [0.3, 0.4) is 0 Å². The second kappa shape index (κ2) is 5.53. The first-order chi connectivity index (χ1) is 13.5. The number of hydrogen-bond acceptors (Lipinski definition) is 4. The highest BCUT2D eigenvalue weighted by atomic mass is 16.2. The Morgan fingerprint density at radius 1 is 1.24 bits per heavy atom. The summed E-state index contributed by atoms with van der Waals surface area (Å²) in [6.07, 6.45) is 4.96. The summed E-state index contributed by atoms with van der Waals surface area (Å²) in [4.78, 5) is 22.2. The Balaban J connectivity index is 1.28. The monoisotopic (exact) mass is 392 g/mol. The van der Waals surface area contributed by atoms with E-state index in [-0.39, 0.29) is 10.8 Å². The van der Waals surface area contributed by atoms with Gasteiger partial charge in [-0.1, -0.05) is 27.7 Å². The number of nitrogens with zero attached hydrogens (tertiary/aromatic N) is 4. The molecule has 154 valence electrons. The third-order valence-corrected chi connectivity index (χ3v) is 8.81. The van der Waals surface area contributed by atoms with E-state index in [1.165, 1.54) is 0 Å². The van der Waals surface area contributed by atoms with Crippen LogP contribution in [0.4, 0.5) is 5.69 Å². The Morgan fingerprint density at radius 2 is 1.93 bits per heavy atom. The van der Waals surface area contributed by atoms with E-state index in [1.807, 2.05) is 13.0 Å². The van der Waals surface area contributed by atoms with Crippen LogP contribution in [-0.2, 0) is 4.79 Å². The lowest BCUT2D eigenvalue weighted by Gasteiger charge is -2.75. The van der Waals surface area contributed by atoms with Crippen LogP contribution in [0.2, 0.25) is 0 Å². The molecule has 0 radical (unpaired) electrons. The molecule has 2 saturated heterocycles. The van der Waals surface area contributed by atoms with Gasteiger partial charge in [-0.05, 0) is 43.1 Å². The van der Waals surface area contributed by atoms with E-state index >= 15 is 0 Å². The lowest BCUT2D eigenvalue weighted by molar-refractivity contribution is -0.254. The van der Waals surface area contributed by atoms with Crippen LogP contribution >= 0.6 is 0 Å². The number of likely N-dealkylation sites (tertiary alicyclic amines) is 1. The van der Waals surface area contributed by atoms with Crippen LogP contribution in [-0.4, -0.2) is 42.0 Å². The molecule has 1 aromatic rings. The largest absolute Gasteiger partial charge is 0.369 e. The van der Waals surface area contributed by atoms with Crippen LogP contribution in [0.1, 0.15) is 58.2 Å². The number of hydrogen-bond donors (Lipinski definition) is 0. The maximum absolute atomic E-state index is 13.4. The number of pyridine rings is 1. The van der Waals surface area contributed by atoms with Crippen LogP contribution in [0.25, 0.3) is 0 Å². The lowest BCUT2D eigenvalue weighted by Crippen LogP contribution is -2.72. The summed E-state index contributed by atoms with van der Waals surface area (Å²) in [6, 6.07) is 4.32. The smallest absolute Gasteiger partial charge is 0.228 e. The van der Waals surface area contributed by atoms with Gasteiger partial charge in [0, 0.05) is 49.4 Å². The number of carbonyl (C=O) groups is 1. The molecule has 0 N–H and O–H groups in total. The summed E-state index contributed by atoms with van der Waals surface area (Å²) in [6.45, 7) is 14.8. The molecule has 2 bridgehead atoms. The molecule has 3 aliphatic carbocycles. The van der Waals surface area contributed by atoms with Gasteiger partial charge >= 0.3 is 0 Å². The standard InChI is InChI=1S/C24H32N4O/c1-16-6-19(17(7-25)8-26-16)27-9-18-10-28(15-22(18,5)14-27)20(29)23-11-24(12-23,13-23)21(2,3)4/h6,8,18H,9-15H2,1-5H3/t18-,22+,23?,24?/m1/s1. The number of fused-ring (bicyclic) bond motifs is 1. The predicted molar refractivity (Wildman–Crippen MR) is 112 cm³/mol. The van der Waals surface area contributed by atoms with Crippen LogP contribution in [0.15, 0.2) is 12.3 Å². The summed E-state index contributed by atoms with van der Waals surface area (Å²) in [5.41, 5.74) is 3.36. The molecule has 2 atom stereocenters. The zero-order valence-corrected chi connectivity index (χ0v) is 18.4. The van der Waals surface area contributed by atoms with E-state index in [1.54, 1.807) is 6.20 Å². The third kappa shape index (κ3) is 2.44. The third-order valence-electron chi connectivity index (χ3n) is 8.81. The quantitative estimate of drug-likeness (QED) is 0.769. The minimum atomic E-state index is -0.0435. The molecular weight excluding hydrogens is 360 g/mol. The van der Waals surface area contributed by atoms with Gasteiger partial charge in [-0.2, -0.15) is 5.26 Å². The lowest BCUT2D eigenvalue weighted by atomic mass is 9.29. The first-order valence-corrected chi connectivity index (χ1v) is 10.9. The van der Waals surface area contributed by atoms with Crippen molar-refractivity contribution in [2.75, 3.05) is 31.1 Å². The van der Waals surface area contributed by atoms with E-state index < -0.39 is 0 Å². The molecule has 5 aliphatic rings. The van der Waals surface area contributed by atoms with Gasteiger partial charge in [-0.3, -0.25) is 9.78 Å². The van der Waals surface area contributed by atoms with Crippen molar-refractivity contribution < 1.29 is 4.79 Å². The first-order valence-electron chi connectivity index (χ1n) is 10.9. The van der Waals surface area contributed by atoms with E-state index in [9.17, 15) is 10.1 Å². The van der Waals surface area contributed by atoms with Crippen molar-refractivity contribution in [3.63, 3.8) is 0 Å². The van der Waals surface area contributed by atoms with Crippen molar-refractivity contribution in [1.29, 1.82) is 5.26 Å². The normalized spacial score (nSPS) is 37.6. The molecule has 1 aromatic heterocycles. The molecule has 0 aromatic carbocycles. The van der Waals surface area contributed by atoms with Gasteiger partial charge in [-0.15, -0.1) is 0 Å². The Kier molecular flexibility index (Phi) is 3.61. The number of carbonyl (C=O) groups excluding carboxylic acids is 1. The second-order valence-electron chi connectivity index (χ2n) is 11.7. The minimum Gasteiger partial charge on any atom is -0.369 e. The van der Waals surface area contributed by atoms with Crippen molar-refractivity contribution in [2.24, 2.45) is 27.6 Å². The van der Waals surface area contributed by atoms with Crippen LogP contribution in [0, 0.1) is 45.8 Å². The van der Waals surface area contributed by atoms with E-state index in [4.69, 9.17) is 0 Å². The van der Waals surface area contributed by atoms with Crippen LogP contribution < -0.4 is 4.90 Å². The molecular formula is C24H32N4O. The van der Waals surface area contributed by atoms with Crippen molar-refractivity contribution in [3.05, 3.63) is 23.5 Å². The summed E-state index contributed by atoms with van der Waals surface area (Å²) in [5, 5.41) is 9.49. The Labute approximate surface area is 174 Å². The summed E-state index contributed by atoms with van der Waals surface area (Å²) < 4.78 is 0. The molecule has 29 heavy (non-hydrogen) atoms. The molecule has 3 heterocycles. The molecule has 5 heteroatoms. The number of aromatic nitrogens is 1.